The second-order valence-corrected chi connectivity index (χ2v) is 6.78. The van der Waals surface area contributed by atoms with Crippen LogP contribution in [0.15, 0.2) is 30.5 Å². The number of carbonyl (C=O) groups is 2. The number of H-pyrrole nitrogens is 1. The number of thiazole rings is 1. The third kappa shape index (κ3) is 3.16. The van der Waals surface area contributed by atoms with Crippen molar-refractivity contribution in [2.24, 2.45) is 0 Å². The SMILES string of the molecule is Cc1nc(C)c(C(=O)N[C@@H](Cc2c[nH]c3ccccc23)C(=O)O)s1. The van der Waals surface area contributed by atoms with Gasteiger partial charge in [-0.15, -0.1) is 11.3 Å². The van der Waals surface area contributed by atoms with E-state index in [0.29, 0.717) is 10.6 Å². The van der Waals surface area contributed by atoms with Crippen molar-refractivity contribution in [1.29, 1.82) is 0 Å². The lowest BCUT2D eigenvalue weighted by atomic mass is 10.0. The number of carboxylic acids is 1. The highest BCUT2D eigenvalue weighted by Crippen LogP contribution is 2.20. The van der Waals surface area contributed by atoms with Gasteiger partial charge in [0.05, 0.1) is 10.7 Å². The molecule has 24 heavy (non-hydrogen) atoms. The minimum atomic E-state index is -1.06. The molecule has 3 rings (SSSR count). The van der Waals surface area contributed by atoms with Crippen LogP contribution in [0.2, 0.25) is 0 Å². The molecule has 124 valence electrons. The van der Waals surface area contributed by atoms with Gasteiger partial charge in [-0.25, -0.2) is 9.78 Å². The summed E-state index contributed by atoms with van der Waals surface area (Å²) >= 11 is 1.26. The number of hydrogen-bond acceptors (Lipinski definition) is 4. The van der Waals surface area contributed by atoms with E-state index in [1.165, 1.54) is 11.3 Å². The Morgan fingerprint density at radius 3 is 2.75 bits per heavy atom. The maximum atomic E-state index is 12.4. The molecule has 0 unspecified atom stereocenters. The number of fused-ring (bicyclic) bond motifs is 1. The van der Waals surface area contributed by atoms with Gasteiger partial charge < -0.3 is 15.4 Å². The molecule has 0 aliphatic rings. The number of carboxylic acid groups (broad SMARTS) is 1. The van der Waals surface area contributed by atoms with E-state index in [-0.39, 0.29) is 6.42 Å². The minimum absolute atomic E-state index is 0.210. The Morgan fingerprint density at radius 2 is 2.08 bits per heavy atom. The molecule has 6 nitrogen and oxygen atoms in total. The van der Waals surface area contributed by atoms with Crippen molar-refractivity contribution in [3.8, 4) is 0 Å². The number of hydrogen-bond donors (Lipinski definition) is 3. The van der Waals surface area contributed by atoms with Crippen molar-refractivity contribution in [3.63, 3.8) is 0 Å². The van der Waals surface area contributed by atoms with E-state index >= 15 is 0 Å². The molecule has 3 N–H and O–H groups in total. The second kappa shape index (κ2) is 6.45. The summed E-state index contributed by atoms with van der Waals surface area (Å²) in [5.74, 6) is -1.46. The summed E-state index contributed by atoms with van der Waals surface area (Å²) in [6.45, 7) is 3.56. The maximum absolute atomic E-state index is 12.4. The predicted molar refractivity (Wildman–Crippen MR) is 92.5 cm³/mol. The largest absolute Gasteiger partial charge is 0.480 e. The number of nitrogens with zero attached hydrogens (tertiary/aromatic N) is 1. The zero-order valence-electron chi connectivity index (χ0n) is 13.3. The van der Waals surface area contributed by atoms with Gasteiger partial charge in [-0.1, -0.05) is 18.2 Å². The average Bonchev–Trinajstić information content (AvgIpc) is 3.09. The van der Waals surface area contributed by atoms with Crippen molar-refractivity contribution < 1.29 is 14.7 Å². The molecular formula is C17H17N3O3S. The van der Waals surface area contributed by atoms with E-state index in [1.54, 1.807) is 13.1 Å². The number of nitrogens with one attached hydrogen (secondary N) is 2. The van der Waals surface area contributed by atoms with E-state index in [0.717, 1.165) is 21.5 Å². The van der Waals surface area contributed by atoms with Gasteiger partial charge in [0.2, 0.25) is 0 Å². The lowest BCUT2D eigenvalue weighted by molar-refractivity contribution is -0.139. The van der Waals surface area contributed by atoms with E-state index in [4.69, 9.17) is 0 Å². The number of benzene rings is 1. The summed E-state index contributed by atoms with van der Waals surface area (Å²) in [6, 6.07) is 6.67. The van der Waals surface area contributed by atoms with Crippen molar-refractivity contribution in [2.45, 2.75) is 26.3 Å². The van der Waals surface area contributed by atoms with Crippen molar-refractivity contribution in [2.75, 3.05) is 0 Å². The average molecular weight is 343 g/mol. The van der Waals surface area contributed by atoms with E-state index in [2.05, 4.69) is 15.3 Å². The molecule has 0 spiro atoms. The molecule has 1 aromatic carbocycles. The van der Waals surface area contributed by atoms with Crippen LogP contribution >= 0.6 is 11.3 Å². The van der Waals surface area contributed by atoms with Crippen LogP contribution in [0.5, 0.6) is 0 Å². The van der Waals surface area contributed by atoms with Crippen molar-refractivity contribution >= 4 is 34.1 Å². The first-order chi connectivity index (χ1) is 11.5. The monoisotopic (exact) mass is 343 g/mol. The third-order valence-electron chi connectivity index (χ3n) is 3.81. The van der Waals surface area contributed by atoms with Crippen LogP contribution in [-0.2, 0) is 11.2 Å². The maximum Gasteiger partial charge on any atom is 0.326 e. The Balaban J connectivity index is 1.81. The number of rotatable bonds is 5. The number of para-hydroxylation sites is 1. The quantitative estimate of drug-likeness (QED) is 0.664. The van der Waals surface area contributed by atoms with Crippen molar-refractivity contribution in [1.82, 2.24) is 15.3 Å². The van der Waals surface area contributed by atoms with Crippen LogP contribution in [0.25, 0.3) is 10.9 Å². The molecule has 0 aliphatic heterocycles. The van der Waals surface area contributed by atoms with Gasteiger partial charge in [0.15, 0.2) is 0 Å². The van der Waals surface area contributed by atoms with Crippen LogP contribution in [0.1, 0.15) is 25.9 Å². The molecule has 3 aromatic rings. The number of amides is 1. The lowest BCUT2D eigenvalue weighted by Crippen LogP contribution is -2.42. The molecule has 0 fully saturated rings. The number of aryl methyl sites for hydroxylation is 2. The normalized spacial score (nSPS) is 12.2. The highest BCUT2D eigenvalue weighted by atomic mass is 32.1. The fourth-order valence-electron chi connectivity index (χ4n) is 2.69. The zero-order valence-corrected chi connectivity index (χ0v) is 14.1. The fraction of sp³-hybridized carbons (Fsp3) is 0.235. The molecule has 0 bridgehead atoms. The number of carbonyl (C=O) groups excluding carboxylic acids is 1. The zero-order chi connectivity index (χ0) is 17.3. The minimum Gasteiger partial charge on any atom is -0.480 e. The molecule has 0 radical (unpaired) electrons. The van der Waals surface area contributed by atoms with E-state index in [1.807, 2.05) is 31.2 Å². The van der Waals surface area contributed by atoms with Crippen LogP contribution in [-0.4, -0.2) is 33.0 Å². The van der Waals surface area contributed by atoms with Crippen LogP contribution < -0.4 is 5.32 Å². The first kappa shape index (κ1) is 16.2. The second-order valence-electron chi connectivity index (χ2n) is 5.58. The van der Waals surface area contributed by atoms with Gasteiger partial charge >= 0.3 is 5.97 Å². The molecule has 0 aliphatic carbocycles. The van der Waals surface area contributed by atoms with Crippen LogP contribution in [0.4, 0.5) is 0 Å². The lowest BCUT2D eigenvalue weighted by Gasteiger charge is -2.13. The van der Waals surface area contributed by atoms with Crippen LogP contribution in [0, 0.1) is 13.8 Å². The summed E-state index contributed by atoms with van der Waals surface area (Å²) in [5, 5.41) is 13.8. The summed E-state index contributed by atoms with van der Waals surface area (Å²) in [4.78, 5) is 31.7. The van der Waals surface area contributed by atoms with E-state index < -0.39 is 17.9 Å². The summed E-state index contributed by atoms with van der Waals surface area (Å²) in [5.41, 5.74) is 2.42. The Labute approximate surface area is 142 Å². The van der Waals surface area contributed by atoms with Gasteiger partial charge in [0.25, 0.3) is 5.91 Å². The fourth-order valence-corrected chi connectivity index (χ4v) is 3.51. The summed E-state index contributed by atoms with van der Waals surface area (Å²) in [6.07, 6.45) is 2.00. The molecule has 1 atom stereocenters. The summed E-state index contributed by atoms with van der Waals surface area (Å²) < 4.78 is 0. The standard InChI is InChI=1S/C17H17N3O3S/c1-9-15(24-10(2)19-9)16(21)20-14(17(22)23)7-11-8-18-13-6-4-3-5-12(11)13/h3-6,8,14,18H,7H2,1-2H3,(H,20,21)(H,22,23)/t14-/m0/s1. The molecular weight excluding hydrogens is 326 g/mol. The Kier molecular flexibility index (Phi) is 4.35. The molecule has 1 amide bonds. The highest BCUT2D eigenvalue weighted by molar-refractivity contribution is 7.13. The molecule has 7 heteroatoms. The highest BCUT2D eigenvalue weighted by Gasteiger charge is 2.24. The first-order valence-electron chi connectivity index (χ1n) is 7.48. The van der Waals surface area contributed by atoms with Gasteiger partial charge in [0.1, 0.15) is 10.9 Å². The Morgan fingerprint density at radius 1 is 1.33 bits per heavy atom. The molecule has 2 aromatic heterocycles. The van der Waals surface area contributed by atoms with Gasteiger partial charge in [-0.3, -0.25) is 4.79 Å². The smallest absolute Gasteiger partial charge is 0.326 e. The van der Waals surface area contributed by atoms with Gasteiger partial charge in [-0.05, 0) is 25.5 Å². The van der Waals surface area contributed by atoms with Crippen LogP contribution in [0.3, 0.4) is 0 Å². The number of aromatic amines is 1. The summed E-state index contributed by atoms with van der Waals surface area (Å²) in [7, 11) is 0. The topological polar surface area (TPSA) is 95.1 Å². The van der Waals surface area contributed by atoms with Crippen molar-refractivity contribution in [3.05, 3.63) is 51.6 Å². The number of aliphatic carboxylic acids is 1. The van der Waals surface area contributed by atoms with Gasteiger partial charge in [0, 0.05) is 23.5 Å². The molecule has 2 heterocycles. The molecule has 0 saturated heterocycles. The Bertz CT molecular complexity index is 913. The first-order valence-corrected chi connectivity index (χ1v) is 8.30. The molecule has 0 saturated carbocycles. The Hall–Kier alpha value is -2.67. The third-order valence-corrected chi connectivity index (χ3v) is 4.88. The van der Waals surface area contributed by atoms with Gasteiger partial charge in [-0.2, -0.15) is 0 Å². The predicted octanol–water partition coefficient (Wildman–Crippen LogP) is 2.67. The number of aromatic nitrogens is 2. The van der Waals surface area contributed by atoms with E-state index in [9.17, 15) is 14.7 Å².